The van der Waals surface area contributed by atoms with E-state index in [4.69, 9.17) is 5.53 Å². The topological polar surface area (TPSA) is 78.2 Å². The summed E-state index contributed by atoms with van der Waals surface area (Å²) in [5.41, 5.74) is 7.86. The summed E-state index contributed by atoms with van der Waals surface area (Å²) in [4.78, 5) is 15.6. The Morgan fingerprint density at radius 2 is 2.50 bits per heavy atom. The number of hydrogen-bond donors (Lipinski definition) is 0. The molecule has 0 saturated heterocycles. The molecule has 1 unspecified atom stereocenters. The van der Waals surface area contributed by atoms with E-state index < -0.39 is 0 Å². The highest BCUT2D eigenvalue weighted by atomic mass is 16.1. The first kappa shape index (κ1) is 8.69. The van der Waals surface area contributed by atoms with Gasteiger partial charge in [-0.15, -0.1) is 0 Å². The van der Waals surface area contributed by atoms with E-state index in [-0.39, 0.29) is 6.04 Å². The molecule has 0 aliphatic carbocycles. The van der Waals surface area contributed by atoms with Gasteiger partial charge in [0.15, 0.2) is 0 Å². The lowest BCUT2D eigenvalue weighted by molar-refractivity contribution is 0.555. The van der Waals surface area contributed by atoms with Crippen LogP contribution in [-0.2, 0) is 4.79 Å². The van der Waals surface area contributed by atoms with E-state index in [2.05, 4.69) is 15.0 Å². The minimum absolute atomic E-state index is 0.0944. The first-order chi connectivity index (χ1) is 4.81. The number of nitrogens with zero attached hydrogens (tertiary/aromatic N) is 4. The Balaban J connectivity index is 3.48. The van der Waals surface area contributed by atoms with Crippen molar-refractivity contribution in [2.75, 3.05) is 6.54 Å². The molecule has 0 aromatic heterocycles. The van der Waals surface area contributed by atoms with Gasteiger partial charge in [0.1, 0.15) is 0 Å². The number of carbonyl (C=O) groups excluding carboxylic acids is 1. The molecule has 0 heterocycles. The molecule has 0 N–H and O–H groups in total. The average Bonchev–Trinajstić information content (AvgIpc) is 1.89. The van der Waals surface area contributed by atoms with Crippen LogP contribution in [0.4, 0.5) is 0 Å². The number of aliphatic imine (C=N–C) groups is 1. The van der Waals surface area contributed by atoms with E-state index in [0.29, 0.717) is 13.0 Å². The van der Waals surface area contributed by atoms with Gasteiger partial charge in [-0.25, -0.2) is 9.79 Å². The van der Waals surface area contributed by atoms with Crippen molar-refractivity contribution in [1.82, 2.24) is 0 Å². The Bertz CT molecular complexity index is 178. The fraction of sp³-hybridized carbons (Fsp3) is 0.800. The Labute approximate surface area is 58.4 Å². The van der Waals surface area contributed by atoms with Crippen molar-refractivity contribution >= 4 is 6.08 Å². The first-order valence-electron chi connectivity index (χ1n) is 2.89. The van der Waals surface area contributed by atoms with Gasteiger partial charge >= 0.3 is 0 Å². The summed E-state index contributed by atoms with van der Waals surface area (Å²) in [5, 5.41) is 3.28. The molecular formula is C5H8N4O. The summed E-state index contributed by atoms with van der Waals surface area (Å²) in [6, 6.07) is -0.0944. The Hall–Kier alpha value is -1.31. The molecule has 5 heteroatoms. The van der Waals surface area contributed by atoms with Crippen LogP contribution in [0, 0.1) is 0 Å². The van der Waals surface area contributed by atoms with E-state index in [1.807, 2.05) is 0 Å². The summed E-state index contributed by atoms with van der Waals surface area (Å²) in [7, 11) is 0. The summed E-state index contributed by atoms with van der Waals surface area (Å²) in [6.07, 6.45) is 2.03. The van der Waals surface area contributed by atoms with Crippen LogP contribution < -0.4 is 0 Å². The fourth-order valence-electron chi connectivity index (χ4n) is 0.444. The molecule has 0 aliphatic heterocycles. The maximum atomic E-state index is 9.65. The third-order valence-electron chi connectivity index (χ3n) is 0.983. The predicted octanol–water partition coefficient (Wildman–Crippen LogP) is 1.41. The van der Waals surface area contributed by atoms with Crippen molar-refractivity contribution in [1.29, 1.82) is 0 Å². The zero-order valence-corrected chi connectivity index (χ0v) is 5.69. The van der Waals surface area contributed by atoms with Gasteiger partial charge < -0.3 is 0 Å². The van der Waals surface area contributed by atoms with E-state index in [0.717, 1.165) is 0 Å². The minimum atomic E-state index is -0.0944. The number of hydrogen-bond acceptors (Lipinski definition) is 3. The summed E-state index contributed by atoms with van der Waals surface area (Å²) < 4.78 is 0. The van der Waals surface area contributed by atoms with Gasteiger partial charge in [0.2, 0.25) is 6.08 Å². The van der Waals surface area contributed by atoms with Crippen LogP contribution in [0.15, 0.2) is 10.1 Å². The molecule has 0 radical (unpaired) electrons. The van der Waals surface area contributed by atoms with Crippen LogP contribution in [0.5, 0.6) is 0 Å². The Kier molecular flexibility index (Phi) is 5.06. The van der Waals surface area contributed by atoms with Crippen molar-refractivity contribution in [2.24, 2.45) is 10.1 Å². The van der Waals surface area contributed by atoms with Crippen LogP contribution in [-0.4, -0.2) is 18.7 Å². The van der Waals surface area contributed by atoms with Gasteiger partial charge in [-0.2, -0.15) is 0 Å². The van der Waals surface area contributed by atoms with Crippen molar-refractivity contribution in [3.8, 4) is 0 Å². The van der Waals surface area contributed by atoms with Gasteiger partial charge in [0.25, 0.3) is 0 Å². The van der Waals surface area contributed by atoms with E-state index >= 15 is 0 Å². The van der Waals surface area contributed by atoms with Crippen molar-refractivity contribution in [3.63, 3.8) is 0 Å². The molecule has 0 aromatic carbocycles. The molecule has 0 fully saturated rings. The monoisotopic (exact) mass is 140 g/mol. The standard InChI is InChI=1S/C5H8N4O/c1-5(7-4-10)2-3-8-9-6/h5H,2-3H2,1H3. The molecule has 10 heavy (non-hydrogen) atoms. The van der Waals surface area contributed by atoms with Gasteiger partial charge in [0, 0.05) is 11.5 Å². The molecule has 0 aromatic rings. The van der Waals surface area contributed by atoms with Crippen LogP contribution >= 0.6 is 0 Å². The van der Waals surface area contributed by atoms with Gasteiger partial charge in [-0.05, 0) is 18.9 Å². The van der Waals surface area contributed by atoms with Crippen molar-refractivity contribution in [3.05, 3.63) is 10.4 Å². The number of azide groups is 1. The second kappa shape index (κ2) is 5.82. The molecule has 0 bridgehead atoms. The third-order valence-corrected chi connectivity index (χ3v) is 0.983. The smallest absolute Gasteiger partial charge is 0.211 e. The Morgan fingerprint density at radius 1 is 1.80 bits per heavy atom. The lowest BCUT2D eigenvalue weighted by Crippen LogP contribution is -1.98. The highest BCUT2D eigenvalue weighted by Crippen LogP contribution is 1.94. The van der Waals surface area contributed by atoms with Crippen LogP contribution in [0.1, 0.15) is 13.3 Å². The SMILES string of the molecule is CC(CCN=[N+]=[N-])N=C=O. The fourth-order valence-corrected chi connectivity index (χ4v) is 0.444. The molecule has 0 rings (SSSR count). The zero-order chi connectivity index (χ0) is 7.82. The molecular weight excluding hydrogens is 132 g/mol. The highest BCUT2D eigenvalue weighted by Gasteiger charge is 1.94. The lowest BCUT2D eigenvalue weighted by atomic mass is 10.2. The average molecular weight is 140 g/mol. The molecule has 0 saturated carbocycles. The van der Waals surface area contributed by atoms with E-state index in [1.54, 1.807) is 6.92 Å². The van der Waals surface area contributed by atoms with Crippen molar-refractivity contribution in [2.45, 2.75) is 19.4 Å². The molecule has 5 nitrogen and oxygen atoms in total. The first-order valence-corrected chi connectivity index (χ1v) is 2.89. The van der Waals surface area contributed by atoms with E-state index in [9.17, 15) is 4.79 Å². The molecule has 0 spiro atoms. The minimum Gasteiger partial charge on any atom is -0.211 e. The molecule has 0 amide bonds. The third kappa shape index (κ3) is 4.84. The predicted molar refractivity (Wildman–Crippen MR) is 36.2 cm³/mol. The largest absolute Gasteiger partial charge is 0.235 e. The normalized spacial score (nSPS) is 10.9. The summed E-state index contributed by atoms with van der Waals surface area (Å²) in [5.74, 6) is 0. The van der Waals surface area contributed by atoms with Gasteiger partial charge in [0.05, 0.1) is 6.04 Å². The second-order valence-corrected chi connectivity index (χ2v) is 1.81. The Morgan fingerprint density at radius 3 is 3.00 bits per heavy atom. The molecule has 54 valence electrons. The molecule has 0 aliphatic rings. The summed E-state index contributed by atoms with van der Waals surface area (Å²) in [6.45, 7) is 2.14. The highest BCUT2D eigenvalue weighted by molar-refractivity contribution is 5.33. The maximum Gasteiger partial charge on any atom is 0.235 e. The van der Waals surface area contributed by atoms with Crippen LogP contribution in [0.25, 0.3) is 10.4 Å². The van der Waals surface area contributed by atoms with Gasteiger partial charge in [-0.3, -0.25) is 0 Å². The quantitative estimate of drug-likeness (QED) is 0.191. The number of rotatable bonds is 4. The summed E-state index contributed by atoms with van der Waals surface area (Å²) >= 11 is 0. The molecule has 1 atom stereocenters. The second-order valence-electron chi connectivity index (χ2n) is 1.81. The van der Waals surface area contributed by atoms with Crippen LogP contribution in [0.3, 0.4) is 0 Å². The number of isocyanates is 1. The van der Waals surface area contributed by atoms with Gasteiger partial charge in [-0.1, -0.05) is 5.11 Å². The van der Waals surface area contributed by atoms with E-state index in [1.165, 1.54) is 6.08 Å². The zero-order valence-electron chi connectivity index (χ0n) is 5.69. The van der Waals surface area contributed by atoms with Crippen molar-refractivity contribution < 1.29 is 4.79 Å². The lowest BCUT2D eigenvalue weighted by Gasteiger charge is -1.96. The van der Waals surface area contributed by atoms with Crippen LogP contribution in [0.2, 0.25) is 0 Å². The maximum absolute atomic E-state index is 9.65.